The number of amides is 3. The molecule has 6 aliphatic heterocycles. The molecular formula is C79H141FN14O7. The third kappa shape index (κ3) is 40.1. The van der Waals surface area contributed by atoms with Crippen LogP contribution >= 0.6 is 0 Å². The van der Waals surface area contributed by atoms with Crippen molar-refractivity contribution in [3.8, 4) is 0 Å². The molecule has 6 fully saturated rings. The molecule has 6 aliphatic rings. The zero-order chi connectivity index (χ0) is 76.3. The number of carbonyl (C=O) groups excluding carboxylic acids is 3. The van der Waals surface area contributed by atoms with Crippen molar-refractivity contribution in [2.24, 2.45) is 18.9 Å². The predicted molar refractivity (Wildman–Crippen MR) is 415 cm³/mol. The summed E-state index contributed by atoms with van der Waals surface area (Å²) in [5.41, 5.74) is 5.52. The highest BCUT2D eigenvalue weighted by molar-refractivity contribution is 5.79. The summed E-state index contributed by atoms with van der Waals surface area (Å²) in [6.45, 7) is 65.2. The third-order valence-corrected chi connectivity index (χ3v) is 18.3. The molecule has 0 aliphatic carbocycles. The Labute approximate surface area is 610 Å². The normalized spacial score (nSPS) is 17.6. The van der Waals surface area contributed by atoms with Crippen LogP contribution in [0.4, 0.5) is 4.39 Å². The van der Waals surface area contributed by atoms with Gasteiger partial charge in [-0.1, -0.05) is 81.4 Å². The first-order chi connectivity index (χ1) is 47.6. The minimum Gasteiger partial charge on any atom is -0.381 e. The summed E-state index contributed by atoms with van der Waals surface area (Å²) in [5.74, 6) is 3.55. The van der Waals surface area contributed by atoms with E-state index in [0.717, 1.165) is 132 Å². The first kappa shape index (κ1) is 93.2. The Morgan fingerprint density at radius 1 is 0.545 bits per heavy atom. The molecule has 576 valence electrons. The van der Waals surface area contributed by atoms with E-state index in [2.05, 4.69) is 173 Å². The molecule has 101 heavy (non-hydrogen) atoms. The molecule has 0 radical (unpaired) electrons. The van der Waals surface area contributed by atoms with Crippen molar-refractivity contribution in [3.05, 3.63) is 122 Å². The number of carbonyl (C=O) groups is 3. The number of nitrogens with zero attached hydrogens (tertiary/aromatic N) is 11. The maximum Gasteiger partial charge on any atom is 0.256 e. The van der Waals surface area contributed by atoms with E-state index >= 15 is 0 Å². The van der Waals surface area contributed by atoms with Crippen molar-refractivity contribution in [2.45, 2.75) is 226 Å². The molecule has 3 N–H and O–H groups in total. The van der Waals surface area contributed by atoms with E-state index in [1.807, 2.05) is 65.8 Å². The number of ether oxygens (including phenoxy) is 2. The van der Waals surface area contributed by atoms with Crippen molar-refractivity contribution >= 4 is 17.7 Å². The van der Waals surface area contributed by atoms with Crippen LogP contribution in [0.5, 0.6) is 0 Å². The van der Waals surface area contributed by atoms with Gasteiger partial charge < -0.3 is 39.8 Å². The number of morpholine rings is 1. The van der Waals surface area contributed by atoms with Gasteiger partial charge in [0.25, 0.3) is 11.1 Å². The van der Waals surface area contributed by atoms with Crippen LogP contribution in [0, 0.1) is 24.7 Å². The summed E-state index contributed by atoms with van der Waals surface area (Å²) in [5, 5.41) is 9.14. The summed E-state index contributed by atoms with van der Waals surface area (Å²) in [6, 6.07) is 13.7. The number of piperazine rings is 4. The van der Waals surface area contributed by atoms with Crippen LogP contribution < -0.4 is 27.1 Å². The second-order valence-electron chi connectivity index (χ2n) is 29.6. The van der Waals surface area contributed by atoms with Gasteiger partial charge in [0.2, 0.25) is 23.7 Å². The number of rotatable bonds is 11. The standard InChI is InChI=1S/C9H14N2O.C9H13NO.C9H13N.C8H10FN.C8H16N2O.C8H16O.2C7H14N2O.C7H16N2.C7H15NO/c1-4-11-6-10-5-8(7(2)3)9(11)12;1-7(2)8-4-5-10(3)9(11)6-8;1-7(2)9-5-4-8(3)10-6-9;1-6(2)7-3-4-8(9)10-5-7;1-7(2)10-5-4-9(3)8(11)6-10;1-7(2)8-4-3-5-9-6-8;1-6(2)9-4-3-8-7(10)5-9;1-6(2)9-4-3-8-5-7(9)10;1-7(2)9-5-3-8-4-6-9;1-7(2)8-3-5-9-6-4-8/h5-7H,4H2,1-3H3;4-7H,1-3H3;4-7H,1-3H3;3-6H,1-2H3;7H,4-6H2,1-3H3;7-8H,3-6H2,1-2H3;6H,3-5H2,1-2H3,(H,8,10);6,8H,3-5H2,1-2H3;7-8H,3-6H2,1-2H3;7H,3-6H2,1-2H3. The van der Waals surface area contributed by atoms with Gasteiger partial charge in [0.15, 0.2) is 0 Å². The van der Waals surface area contributed by atoms with Gasteiger partial charge in [-0.2, -0.15) is 4.39 Å². The molecule has 3 amide bonds. The van der Waals surface area contributed by atoms with E-state index in [0.29, 0.717) is 68.1 Å². The number of hydrogen-bond acceptors (Lipinski definition) is 16. The molecular weight excluding hydrogens is 1280 g/mol. The molecule has 21 nitrogen and oxygen atoms in total. The van der Waals surface area contributed by atoms with E-state index in [1.54, 1.807) is 58.1 Å². The Morgan fingerprint density at radius 3 is 1.49 bits per heavy atom. The average molecular weight is 1420 g/mol. The molecule has 22 heteroatoms. The second kappa shape index (κ2) is 52.2. The Bertz CT molecular complexity index is 2830. The van der Waals surface area contributed by atoms with Crippen molar-refractivity contribution in [3.63, 3.8) is 0 Å². The molecule has 10 rings (SSSR count). The van der Waals surface area contributed by atoms with Crippen molar-refractivity contribution in [1.82, 2.24) is 69.4 Å². The van der Waals surface area contributed by atoms with Crippen LogP contribution in [0.2, 0.25) is 0 Å². The van der Waals surface area contributed by atoms with Gasteiger partial charge in [0.1, 0.15) is 0 Å². The maximum atomic E-state index is 12.2. The number of nitrogens with one attached hydrogen (secondary N) is 3. The van der Waals surface area contributed by atoms with Crippen LogP contribution in [0.1, 0.15) is 210 Å². The number of aromatic nitrogens is 5. The van der Waals surface area contributed by atoms with E-state index in [4.69, 9.17) is 9.47 Å². The van der Waals surface area contributed by atoms with Gasteiger partial charge in [-0.05, 0) is 166 Å². The van der Waals surface area contributed by atoms with Gasteiger partial charge >= 0.3 is 0 Å². The molecule has 1 atom stereocenters. The lowest BCUT2D eigenvalue weighted by atomic mass is 9.91. The van der Waals surface area contributed by atoms with Crippen LogP contribution in [0.25, 0.3) is 0 Å². The smallest absolute Gasteiger partial charge is 0.256 e. The molecule has 10 heterocycles. The van der Waals surface area contributed by atoms with Crippen LogP contribution in [-0.4, -0.2) is 233 Å². The van der Waals surface area contributed by atoms with E-state index in [9.17, 15) is 28.4 Å². The number of aryl methyl sites for hydroxylation is 3. The highest BCUT2D eigenvalue weighted by Crippen LogP contribution is 2.21. The molecule has 1 unspecified atom stereocenters. The van der Waals surface area contributed by atoms with Crippen molar-refractivity contribution in [1.29, 1.82) is 0 Å². The van der Waals surface area contributed by atoms with Crippen LogP contribution in [0.15, 0.2) is 77.1 Å². The third-order valence-electron chi connectivity index (χ3n) is 18.3. The fraction of sp³-hybridized carbons (Fsp3) is 0.722. The topological polar surface area (TPSA) is 208 Å². The van der Waals surface area contributed by atoms with E-state index in [1.165, 1.54) is 37.6 Å². The minimum absolute atomic E-state index is 0.0659. The Hall–Kier alpha value is -5.85. The molecule has 6 saturated heterocycles. The first-order valence-corrected chi connectivity index (χ1v) is 37.7. The number of halogens is 1. The summed E-state index contributed by atoms with van der Waals surface area (Å²) < 4.78 is 26.0. The maximum absolute atomic E-state index is 12.2. The van der Waals surface area contributed by atoms with Gasteiger partial charge in [-0.25, -0.2) is 9.97 Å². The molecule has 0 spiro atoms. The lowest BCUT2D eigenvalue weighted by Crippen LogP contribution is -2.50. The van der Waals surface area contributed by atoms with Crippen molar-refractivity contribution < 1.29 is 28.2 Å². The minimum atomic E-state index is -0.413. The lowest BCUT2D eigenvalue weighted by Gasteiger charge is -2.34. The monoisotopic (exact) mass is 1420 g/mol. The summed E-state index contributed by atoms with van der Waals surface area (Å²) >= 11 is 0. The van der Waals surface area contributed by atoms with Gasteiger partial charge in [-0.3, -0.25) is 53.1 Å². The predicted octanol–water partition coefficient (Wildman–Crippen LogP) is 10.7. The highest BCUT2D eigenvalue weighted by atomic mass is 19.1. The quantitative estimate of drug-likeness (QED) is 0.119. The van der Waals surface area contributed by atoms with E-state index in [-0.39, 0.29) is 34.8 Å². The Balaban J connectivity index is 0.000000562. The fourth-order valence-electron chi connectivity index (χ4n) is 10.6. The fourth-order valence-corrected chi connectivity index (χ4v) is 10.6. The summed E-state index contributed by atoms with van der Waals surface area (Å²) in [6.07, 6.45) is 11.2. The summed E-state index contributed by atoms with van der Waals surface area (Å²) in [7, 11) is 3.62. The molecule has 0 saturated carbocycles. The molecule has 4 aromatic rings. The van der Waals surface area contributed by atoms with Gasteiger partial charge in [-0.15, -0.1) is 0 Å². The van der Waals surface area contributed by atoms with Crippen LogP contribution in [0.3, 0.4) is 0 Å². The van der Waals surface area contributed by atoms with Gasteiger partial charge in [0, 0.05) is 185 Å². The van der Waals surface area contributed by atoms with E-state index < -0.39 is 5.95 Å². The van der Waals surface area contributed by atoms with Crippen molar-refractivity contribution in [2.75, 3.05) is 132 Å². The zero-order valence-electron chi connectivity index (χ0n) is 67.4. The second-order valence-corrected chi connectivity index (χ2v) is 29.6. The molecule has 0 bridgehead atoms. The number of likely N-dealkylation sites (N-methyl/N-ethyl adjacent to an activating group) is 1. The van der Waals surface area contributed by atoms with Gasteiger partial charge in [0.05, 0.1) is 39.2 Å². The Kier molecular flexibility index (Phi) is 48.1. The number of pyridine rings is 3. The van der Waals surface area contributed by atoms with Crippen LogP contribution in [-0.2, 0) is 37.4 Å². The largest absolute Gasteiger partial charge is 0.381 e. The highest BCUT2D eigenvalue weighted by Gasteiger charge is 2.23. The zero-order valence-corrected chi connectivity index (χ0v) is 67.4. The first-order valence-electron chi connectivity index (χ1n) is 37.7. The Morgan fingerprint density at radius 2 is 1.09 bits per heavy atom. The summed E-state index contributed by atoms with van der Waals surface area (Å²) in [4.78, 5) is 80.5. The SMILES string of the molecule is CC(C)C1CCCOC1.CC(C)N1CCN(C)C(=O)C1.CC(C)N1CCNC(=O)C1.CC(C)N1CCNCC1.CC(C)N1CCNCC1=O.CC(C)N1CCOCC1.CC(C)c1ccc(F)nc1.CC(C)c1ccn(C)c(=O)c1.CCn1cncc(C(C)C)c1=O.Cc1ccc(C(C)C)cn1. The average Bonchev–Trinajstić information content (AvgIpc) is 0.872. The molecule has 0 aromatic carbocycles. The lowest BCUT2D eigenvalue weighted by molar-refractivity contribution is -0.135. The number of hydrogen-bond donors (Lipinski definition) is 3. The molecule has 4 aromatic heterocycles.